The first-order chi connectivity index (χ1) is 10.6. The Labute approximate surface area is 144 Å². The van der Waals surface area contributed by atoms with Crippen molar-refractivity contribution in [2.24, 2.45) is 5.73 Å². The first-order valence-corrected chi connectivity index (χ1v) is 7.99. The van der Waals surface area contributed by atoms with Crippen molar-refractivity contribution in [3.8, 4) is 0 Å². The van der Waals surface area contributed by atoms with Gasteiger partial charge in [0.05, 0.1) is 0 Å². The minimum Gasteiger partial charge on any atom is -0.339 e. The fourth-order valence-corrected chi connectivity index (χ4v) is 2.89. The van der Waals surface area contributed by atoms with Crippen LogP contribution in [-0.4, -0.2) is 36.3 Å². The van der Waals surface area contributed by atoms with Gasteiger partial charge < -0.3 is 16.0 Å². The monoisotopic (exact) mass is 339 g/mol. The molecule has 5 nitrogen and oxygen atoms in total. The quantitative estimate of drug-likeness (QED) is 0.866. The van der Waals surface area contributed by atoms with Crippen LogP contribution in [0.25, 0.3) is 0 Å². The van der Waals surface area contributed by atoms with Gasteiger partial charge in [-0.25, -0.2) is 0 Å². The van der Waals surface area contributed by atoms with Crippen LogP contribution in [0, 0.1) is 0 Å². The Morgan fingerprint density at radius 2 is 1.78 bits per heavy atom. The summed E-state index contributed by atoms with van der Waals surface area (Å²) in [7, 11) is 1.88. The molecule has 1 aliphatic carbocycles. The van der Waals surface area contributed by atoms with Crippen molar-refractivity contribution in [1.29, 1.82) is 0 Å². The van der Waals surface area contributed by atoms with Crippen molar-refractivity contribution in [3.63, 3.8) is 0 Å². The average molecular weight is 340 g/mol. The van der Waals surface area contributed by atoms with E-state index in [4.69, 9.17) is 5.73 Å². The van der Waals surface area contributed by atoms with Crippen molar-refractivity contribution < 1.29 is 9.59 Å². The summed E-state index contributed by atoms with van der Waals surface area (Å²) < 4.78 is 0. The fourth-order valence-electron chi connectivity index (χ4n) is 2.89. The predicted octanol–water partition coefficient (Wildman–Crippen LogP) is 2.80. The van der Waals surface area contributed by atoms with E-state index in [1.807, 2.05) is 11.9 Å². The number of hydrogen-bond donors (Lipinski definition) is 2. The third-order valence-electron chi connectivity index (χ3n) is 4.23. The van der Waals surface area contributed by atoms with Gasteiger partial charge in [-0.05, 0) is 37.1 Å². The number of carbonyl (C=O) groups is 2. The zero-order chi connectivity index (χ0) is 15.9. The molecule has 1 fully saturated rings. The molecule has 0 saturated heterocycles. The molecule has 23 heavy (non-hydrogen) atoms. The van der Waals surface area contributed by atoms with Crippen LogP contribution in [0.15, 0.2) is 24.3 Å². The van der Waals surface area contributed by atoms with Gasteiger partial charge in [-0.15, -0.1) is 12.4 Å². The predicted molar refractivity (Wildman–Crippen MR) is 95.0 cm³/mol. The highest BCUT2D eigenvalue weighted by Crippen LogP contribution is 2.23. The van der Waals surface area contributed by atoms with Gasteiger partial charge in [-0.3, -0.25) is 9.59 Å². The molecule has 0 radical (unpaired) electrons. The number of amides is 2. The van der Waals surface area contributed by atoms with E-state index in [1.54, 1.807) is 24.3 Å². The standard InChI is InChI=1S/C17H25N3O2.ClH/c1-20(15-5-3-2-4-6-15)17(22)13-7-9-14(10-8-13)19-16(21)11-12-18;/h7-10,15H,2-6,11-12,18H2,1H3,(H,19,21);1H. The van der Waals surface area contributed by atoms with E-state index < -0.39 is 0 Å². The molecule has 0 unspecified atom stereocenters. The smallest absolute Gasteiger partial charge is 0.253 e. The Hall–Kier alpha value is -1.59. The van der Waals surface area contributed by atoms with E-state index in [0.717, 1.165) is 12.8 Å². The van der Waals surface area contributed by atoms with E-state index in [2.05, 4.69) is 5.32 Å². The third-order valence-corrected chi connectivity index (χ3v) is 4.23. The van der Waals surface area contributed by atoms with E-state index >= 15 is 0 Å². The number of benzene rings is 1. The number of halogens is 1. The molecule has 0 spiro atoms. The topological polar surface area (TPSA) is 75.4 Å². The summed E-state index contributed by atoms with van der Waals surface area (Å²) in [5.74, 6) is -0.0624. The number of hydrogen-bond acceptors (Lipinski definition) is 3. The second kappa shape index (κ2) is 9.53. The number of nitrogens with zero attached hydrogens (tertiary/aromatic N) is 1. The van der Waals surface area contributed by atoms with Crippen LogP contribution in [0.1, 0.15) is 48.9 Å². The van der Waals surface area contributed by atoms with Crippen LogP contribution in [0.2, 0.25) is 0 Å². The average Bonchev–Trinajstić information content (AvgIpc) is 2.55. The lowest BCUT2D eigenvalue weighted by Gasteiger charge is -2.31. The van der Waals surface area contributed by atoms with Crippen LogP contribution in [0.3, 0.4) is 0 Å². The van der Waals surface area contributed by atoms with Gasteiger partial charge in [0, 0.05) is 37.3 Å². The summed E-state index contributed by atoms with van der Waals surface area (Å²) in [4.78, 5) is 25.8. The lowest BCUT2D eigenvalue weighted by molar-refractivity contribution is -0.116. The zero-order valence-electron chi connectivity index (χ0n) is 13.6. The molecule has 1 aliphatic rings. The summed E-state index contributed by atoms with van der Waals surface area (Å²) >= 11 is 0. The molecular weight excluding hydrogens is 314 g/mol. The van der Waals surface area contributed by atoms with E-state index in [1.165, 1.54) is 19.3 Å². The Kier molecular flexibility index (Phi) is 8.06. The van der Waals surface area contributed by atoms with Crippen LogP contribution in [0.4, 0.5) is 5.69 Å². The lowest BCUT2D eigenvalue weighted by atomic mass is 9.94. The molecule has 0 bridgehead atoms. The summed E-state index contributed by atoms with van der Waals surface area (Å²) in [5, 5.41) is 2.76. The molecule has 3 N–H and O–H groups in total. The first-order valence-electron chi connectivity index (χ1n) is 7.99. The van der Waals surface area contributed by atoms with Crippen LogP contribution >= 0.6 is 12.4 Å². The molecule has 1 saturated carbocycles. The summed E-state index contributed by atoms with van der Waals surface area (Å²) in [6.45, 7) is 0.328. The highest BCUT2D eigenvalue weighted by atomic mass is 35.5. The Morgan fingerprint density at radius 1 is 1.17 bits per heavy atom. The maximum atomic E-state index is 12.5. The highest BCUT2D eigenvalue weighted by Gasteiger charge is 2.22. The summed E-state index contributed by atoms with van der Waals surface area (Å²) in [6.07, 6.45) is 6.16. The third kappa shape index (κ3) is 5.52. The molecule has 2 rings (SSSR count). The molecule has 0 heterocycles. The second-order valence-corrected chi connectivity index (χ2v) is 5.87. The van der Waals surface area contributed by atoms with E-state index in [9.17, 15) is 9.59 Å². The van der Waals surface area contributed by atoms with E-state index in [0.29, 0.717) is 30.3 Å². The Morgan fingerprint density at radius 3 is 2.35 bits per heavy atom. The molecule has 1 aromatic carbocycles. The molecule has 0 atom stereocenters. The Bertz CT molecular complexity index is 513. The molecular formula is C17H26ClN3O2. The number of carbonyl (C=O) groups excluding carboxylic acids is 2. The van der Waals surface area contributed by atoms with Gasteiger partial charge >= 0.3 is 0 Å². The number of nitrogens with two attached hydrogens (primary N) is 1. The van der Waals surface area contributed by atoms with Crippen molar-refractivity contribution in [3.05, 3.63) is 29.8 Å². The van der Waals surface area contributed by atoms with Crippen molar-refractivity contribution in [2.45, 2.75) is 44.6 Å². The molecule has 1 aromatic rings. The van der Waals surface area contributed by atoms with Crippen molar-refractivity contribution >= 4 is 29.9 Å². The summed E-state index contributed by atoms with van der Waals surface area (Å²) in [5.41, 5.74) is 6.69. The normalized spacial score (nSPS) is 14.7. The minimum atomic E-state index is -0.110. The van der Waals surface area contributed by atoms with Gasteiger partial charge in [0.25, 0.3) is 5.91 Å². The number of rotatable bonds is 5. The SMILES string of the molecule is CN(C(=O)c1ccc(NC(=O)CCN)cc1)C1CCCCC1.Cl. The molecule has 6 heteroatoms. The highest BCUT2D eigenvalue weighted by molar-refractivity contribution is 5.95. The van der Waals surface area contributed by atoms with Crippen LogP contribution in [-0.2, 0) is 4.79 Å². The summed E-state index contributed by atoms with van der Waals surface area (Å²) in [6, 6.07) is 7.40. The van der Waals surface area contributed by atoms with Crippen LogP contribution in [0.5, 0.6) is 0 Å². The van der Waals surface area contributed by atoms with Gasteiger partial charge in [0.15, 0.2) is 0 Å². The number of nitrogens with one attached hydrogen (secondary N) is 1. The largest absolute Gasteiger partial charge is 0.339 e. The zero-order valence-corrected chi connectivity index (χ0v) is 14.4. The maximum absolute atomic E-state index is 12.5. The maximum Gasteiger partial charge on any atom is 0.253 e. The minimum absolute atomic E-state index is 0. The second-order valence-electron chi connectivity index (χ2n) is 5.87. The van der Waals surface area contributed by atoms with Gasteiger partial charge in [0.2, 0.25) is 5.91 Å². The van der Waals surface area contributed by atoms with Gasteiger partial charge in [-0.2, -0.15) is 0 Å². The van der Waals surface area contributed by atoms with Gasteiger partial charge in [0.1, 0.15) is 0 Å². The number of anilines is 1. The molecule has 0 aliphatic heterocycles. The van der Waals surface area contributed by atoms with Crippen molar-refractivity contribution in [1.82, 2.24) is 4.90 Å². The molecule has 2 amide bonds. The van der Waals surface area contributed by atoms with Crippen molar-refractivity contribution in [2.75, 3.05) is 18.9 Å². The Balaban J connectivity index is 0.00000264. The first kappa shape index (κ1) is 19.5. The molecule has 128 valence electrons. The fraction of sp³-hybridized carbons (Fsp3) is 0.529. The van der Waals surface area contributed by atoms with E-state index in [-0.39, 0.29) is 24.2 Å². The van der Waals surface area contributed by atoms with Crippen LogP contribution < -0.4 is 11.1 Å². The molecule has 0 aromatic heterocycles. The lowest BCUT2D eigenvalue weighted by Crippen LogP contribution is -2.38. The van der Waals surface area contributed by atoms with Gasteiger partial charge in [-0.1, -0.05) is 19.3 Å².